The van der Waals surface area contributed by atoms with E-state index in [0.717, 1.165) is 5.69 Å². The molecule has 1 heterocycles. The van der Waals surface area contributed by atoms with Crippen molar-refractivity contribution in [3.05, 3.63) is 82.9 Å². The Hall–Kier alpha value is -3.19. The van der Waals surface area contributed by atoms with Crippen molar-refractivity contribution in [3.63, 3.8) is 0 Å². The lowest BCUT2D eigenvalue weighted by atomic mass is 10.1. The van der Waals surface area contributed by atoms with E-state index in [2.05, 4.69) is 16.0 Å². The Morgan fingerprint density at radius 2 is 1.73 bits per heavy atom. The maximum absolute atomic E-state index is 12.8. The van der Waals surface area contributed by atoms with Crippen LogP contribution in [0.1, 0.15) is 15.9 Å². The standard InChI is InChI=1S/C18H14ClFN4O2/c19-14-3-7-16(8-4-14)24-11-13(10-21-24)18(26)23-22-17(25)9-12-1-5-15(20)6-2-12/h1-8,10-11H,9H2,(H,22,25)(H,23,26). The van der Waals surface area contributed by atoms with Gasteiger partial charge in [-0.25, -0.2) is 9.07 Å². The fourth-order valence-corrected chi connectivity index (χ4v) is 2.33. The van der Waals surface area contributed by atoms with Gasteiger partial charge >= 0.3 is 0 Å². The molecule has 0 radical (unpaired) electrons. The zero-order valence-corrected chi connectivity index (χ0v) is 14.2. The highest BCUT2D eigenvalue weighted by Gasteiger charge is 2.11. The van der Waals surface area contributed by atoms with Gasteiger partial charge in [-0.3, -0.25) is 20.4 Å². The molecule has 0 fully saturated rings. The molecule has 2 amide bonds. The van der Waals surface area contributed by atoms with Crippen LogP contribution in [-0.2, 0) is 11.2 Å². The Morgan fingerprint density at radius 1 is 1.04 bits per heavy atom. The number of halogens is 2. The smallest absolute Gasteiger partial charge is 0.272 e. The van der Waals surface area contributed by atoms with Crippen molar-refractivity contribution in [2.45, 2.75) is 6.42 Å². The Morgan fingerprint density at radius 3 is 2.42 bits per heavy atom. The number of carbonyl (C=O) groups is 2. The number of hydrazine groups is 1. The molecular weight excluding hydrogens is 359 g/mol. The van der Waals surface area contributed by atoms with Crippen LogP contribution in [0.25, 0.3) is 5.69 Å². The highest BCUT2D eigenvalue weighted by molar-refractivity contribution is 6.30. The third-order valence-corrected chi connectivity index (χ3v) is 3.78. The number of aromatic nitrogens is 2. The number of benzene rings is 2. The van der Waals surface area contributed by atoms with Gasteiger partial charge in [-0.2, -0.15) is 5.10 Å². The van der Waals surface area contributed by atoms with Crippen molar-refractivity contribution in [1.29, 1.82) is 0 Å². The van der Waals surface area contributed by atoms with Crippen LogP contribution in [0.15, 0.2) is 60.9 Å². The minimum Gasteiger partial charge on any atom is -0.273 e. The van der Waals surface area contributed by atoms with Gasteiger partial charge in [0.15, 0.2) is 0 Å². The van der Waals surface area contributed by atoms with Gasteiger partial charge in [-0.15, -0.1) is 0 Å². The van der Waals surface area contributed by atoms with Crippen LogP contribution in [0.4, 0.5) is 4.39 Å². The predicted molar refractivity (Wildman–Crippen MR) is 94.3 cm³/mol. The van der Waals surface area contributed by atoms with Crippen LogP contribution in [0, 0.1) is 5.82 Å². The monoisotopic (exact) mass is 372 g/mol. The molecule has 0 unspecified atom stereocenters. The van der Waals surface area contributed by atoms with E-state index in [1.54, 1.807) is 24.3 Å². The average molecular weight is 373 g/mol. The van der Waals surface area contributed by atoms with E-state index in [4.69, 9.17) is 11.6 Å². The van der Waals surface area contributed by atoms with Gasteiger partial charge in [0.2, 0.25) is 5.91 Å². The van der Waals surface area contributed by atoms with Crippen molar-refractivity contribution < 1.29 is 14.0 Å². The zero-order valence-electron chi connectivity index (χ0n) is 13.4. The molecule has 0 saturated carbocycles. The molecule has 132 valence electrons. The number of carbonyl (C=O) groups excluding carboxylic acids is 2. The molecule has 0 aliphatic heterocycles. The molecule has 6 nitrogen and oxygen atoms in total. The van der Waals surface area contributed by atoms with Crippen LogP contribution < -0.4 is 10.9 Å². The lowest BCUT2D eigenvalue weighted by Gasteiger charge is -2.06. The zero-order chi connectivity index (χ0) is 18.5. The van der Waals surface area contributed by atoms with Crippen LogP contribution in [0.3, 0.4) is 0 Å². The molecule has 0 saturated heterocycles. The van der Waals surface area contributed by atoms with Gasteiger partial charge in [-0.1, -0.05) is 23.7 Å². The second-order valence-corrected chi connectivity index (χ2v) is 5.89. The summed E-state index contributed by atoms with van der Waals surface area (Å²) in [5, 5.41) is 4.70. The largest absolute Gasteiger partial charge is 0.273 e. The molecule has 1 aromatic heterocycles. The summed E-state index contributed by atoms with van der Waals surface area (Å²) in [6.45, 7) is 0. The maximum atomic E-state index is 12.8. The summed E-state index contributed by atoms with van der Waals surface area (Å²) in [7, 11) is 0. The summed E-state index contributed by atoms with van der Waals surface area (Å²) in [4.78, 5) is 23.9. The van der Waals surface area contributed by atoms with Crippen molar-refractivity contribution in [2.75, 3.05) is 0 Å². The Balaban J connectivity index is 1.55. The van der Waals surface area contributed by atoms with Crippen molar-refractivity contribution >= 4 is 23.4 Å². The first kappa shape index (κ1) is 17.6. The fraction of sp³-hybridized carbons (Fsp3) is 0.0556. The summed E-state index contributed by atoms with van der Waals surface area (Å²) in [5.74, 6) is -1.30. The normalized spacial score (nSPS) is 10.4. The second kappa shape index (κ2) is 7.79. The number of nitrogens with zero attached hydrogens (tertiary/aromatic N) is 2. The Kier molecular flexibility index (Phi) is 5.28. The van der Waals surface area contributed by atoms with Crippen LogP contribution in [0.5, 0.6) is 0 Å². The molecule has 2 aromatic carbocycles. The molecule has 0 bridgehead atoms. The summed E-state index contributed by atoms with van der Waals surface area (Å²) < 4.78 is 14.4. The first-order valence-corrected chi connectivity index (χ1v) is 8.03. The first-order valence-electron chi connectivity index (χ1n) is 7.65. The molecular formula is C18H14ClFN4O2. The molecule has 8 heteroatoms. The number of amides is 2. The molecule has 2 N–H and O–H groups in total. The van der Waals surface area contributed by atoms with Crippen molar-refractivity contribution in [2.24, 2.45) is 0 Å². The van der Waals surface area contributed by atoms with Crippen LogP contribution in [-0.4, -0.2) is 21.6 Å². The number of rotatable bonds is 4. The lowest BCUT2D eigenvalue weighted by molar-refractivity contribution is -0.121. The second-order valence-electron chi connectivity index (χ2n) is 5.46. The molecule has 3 aromatic rings. The van der Waals surface area contributed by atoms with E-state index in [1.165, 1.54) is 41.3 Å². The van der Waals surface area contributed by atoms with Gasteiger partial charge in [0.25, 0.3) is 5.91 Å². The van der Waals surface area contributed by atoms with Gasteiger partial charge < -0.3 is 0 Å². The maximum Gasteiger partial charge on any atom is 0.272 e. The molecule has 26 heavy (non-hydrogen) atoms. The van der Waals surface area contributed by atoms with Gasteiger partial charge in [0.05, 0.1) is 23.9 Å². The Labute approximate surface area is 153 Å². The molecule has 0 aliphatic rings. The SMILES string of the molecule is O=C(Cc1ccc(F)cc1)NNC(=O)c1cnn(-c2ccc(Cl)cc2)c1. The topological polar surface area (TPSA) is 76.0 Å². The van der Waals surface area contributed by atoms with E-state index >= 15 is 0 Å². The van der Waals surface area contributed by atoms with E-state index < -0.39 is 11.8 Å². The minimum atomic E-state index is -0.502. The van der Waals surface area contributed by atoms with E-state index in [0.29, 0.717) is 10.6 Å². The molecule has 0 spiro atoms. The van der Waals surface area contributed by atoms with Gasteiger partial charge in [-0.05, 0) is 42.0 Å². The van der Waals surface area contributed by atoms with Crippen molar-refractivity contribution in [1.82, 2.24) is 20.6 Å². The molecule has 3 rings (SSSR count). The van der Waals surface area contributed by atoms with E-state index in [1.807, 2.05) is 0 Å². The quantitative estimate of drug-likeness (QED) is 0.691. The highest BCUT2D eigenvalue weighted by atomic mass is 35.5. The third-order valence-electron chi connectivity index (χ3n) is 3.53. The lowest BCUT2D eigenvalue weighted by Crippen LogP contribution is -2.42. The van der Waals surface area contributed by atoms with Gasteiger partial charge in [0, 0.05) is 11.2 Å². The highest BCUT2D eigenvalue weighted by Crippen LogP contribution is 2.13. The molecule has 0 aliphatic carbocycles. The molecule has 0 atom stereocenters. The van der Waals surface area contributed by atoms with Crippen molar-refractivity contribution in [3.8, 4) is 5.69 Å². The fourth-order valence-electron chi connectivity index (χ4n) is 2.21. The minimum absolute atomic E-state index is 0.0184. The third kappa shape index (κ3) is 4.46. The van der Waals surface area contributed by atoms with E-state index in [-0.39, 0.29) is 17.8 Å². The summed E-state index contributed by atoms with van der Waals surface area (Å²) in [5.41, 5.74) is 6.29. The predicted octanol–water partition coefficient (Wildman–Crippen LogP) is 2.67. The summed E-state index contributed by atoms with van der Waals surface area (Å²) >= 11 is 5.84. The average Bonchev–Trinajstić information content (AvgIpc) is 3.12. The summed E-state index contributed by atoms with van der Waals surface area (Å²) in [6.07, 6.45) is 2.94. The van der Waals surface area contributed by atoms with Gasteiger partial charge in [0.1, 0.15) is 5.82 Å². The first-order chi connectivity index (χ1) is 12.5. The van der Waals surface area contributed by atoms with Crippen LogP contribution in [0.2, 0.25) is 5.02 Å². The number of nitrogens with one attached hydrogen (secondary N) is 2. The van der Waals surface area contributed by atoms with Crippen LogP contribution >= 0.6 is 11.6 Å². The number of hydrogen-bond donors (Lipinski definition) is 2. The number of hydrogen-bond acceptors (Lipinski definition) is 3. The Bertz CT molecular complexity index is 923. The summed E-state index contributed by atoms with van der Waals surface area (Å²) in [6, 6.07) is 12.5. The van der Waals surface area contributed by atoms with E-state index in [9.17, 15) is 14.0 Å².